The van der Waals surface area contributed by atoms with E-state index < -0.39 is 17.7 Å². The average molecular weight is 316 g/mol. The van der Waals surface area contributed by atoms with E-state index in [1.165, 1.54) is 4.57 Å². The maximum absolute atomic E-state index is 13.8. The summed E-state index contributed by atoms with van der Waals surface area (Å²) in [6, 6.07) is 1.27. The number of rotatable bonds is 5. The van der Waals surface area contributed by atoms with Gasteiger partial charge in [0.05, 0.1) is 11.4 Å². The van der Waals surface area contributed by atoms with Gasteiger partial charge in [-0.3, -0.25) is 4.79 Å². The largest absolute Gasteiger partial charge is 0.354 e. The lowest BCUT2D eigenvalue weighted by molar-refractivity contribution is -0.123. The van der Waals surface area contributed by atoms with E-state index in [0.29, 0.717) is 12.4 Å². The van der Waals surface area contributed by atoms with Crippen molar-refractivity contribution in [3.63, 3.8) is 0 Å². The van der Waals surface area contributed by atoms with Crippen molar-refractivity contribution < 1.29 is 13.6 Å². The summed E-state index contributed by atoms with van der Waals surface area (Å²) >= 11 is 5.82. The van der Waals surface area contributed by atoms with Crippen LogP contribution in [0.2, 0.25) is 0 Å². The van der Waals surface area contributed by atoms with Crippen LogP contribution in [0.3, 0.4) is 0 Å². The van der Waals surface area contributed by atoms with E-state index in [4.69, 9.17) is 11.6 Å². The molecule has 0 saturated heterocycles. The second-order valence-electron chi connectivity index (χ2n) is 4.75. The second kappa shape index (κ2) is 6.39. The van der Waals surface area contributed by atoms with Crippen LogP contribution < -0.4 is 5.32 Å². The molecule has 114 valence electrons. The quantitative estimate of drug-likeness (QED) is 0.862. The van der Waals surface area contributed by atoms with Crippen LogP contribution in [0.4, 0.5) is 8.78 Å². The van der Waals surface area contributed by atoms with Crippen LogP contribution in [0.1, 0.15) is 32.1 Å². The van der Waals surface area contributed by atoms with Crippen molar-refractivity contribution in [2.24, 2.45) is 0 Å². The number of carbonyl (C=O) groups excluding carboxylic acids is 1. The van der Waals surface area contributed by atoms with Crippen LogP contribution in [0.5, 0.6) is 0 Å². The third-order valence-electron chi connectivity index (χ3n) is 3.22. The predicted molar refractivity (Wildman–Crippen MR) is 77.2 cm³/mol. The number of nitrogens with one attached hydrogen (secondary N) is 1. The van der Waals surface area contributed by atoms with Crippen molar-refractivity contribution in [3.05, 3.63) is 29.6 Å². The zero-order chi connectivity index (χ0) is 15.6. The topological polar surface area (TPSA) is 46.9 Å². The minimum atomic E-state index is -0.767. The third kappa shape index (κ3) is 3.00. The van der Waals surface area contributed by atoms with Gasteiger partial charge in [0.15, 0.2) is 5.82 Å². The molecule has 0 aliphatic rings. The summed E-state index contributed by atoms with van der Waals surface area (Å²) in [7, 11) is 0. The lowest BCUT2D eigenvalue weighted by Crippen LogP contribution is -2.32. The molecule has 21 heavy (non-hydrogen) atoms. The van der Waals surface area contributed by atoms with Crippen LogP contribution in [0.15, 0.2) is 12.1 Å². The van der Waals surface area contributed by atoms with Crippen molar-refractivity contribution in [2.45, 2.75) is 32.2 Å². The first-order valence-electron chi connectivity index (χ1n) is 6.69. The highest BCUT2D eigenvalue weighted by molar-refractivity contribution is 6.17. The minimum Gasteiger partial charge on any atom is -0.354 e. The Morgan fingerprint density at radius 2 is 2.19 bits per heavy atom. The van der Waals surface area contributed by atoms with Gasteiger partial charge in [0.25, 0.3) is 0 Å². The number of hydrogen-bond donors (Lipinski definition) is 1. The number of fused-ring (bicyclic) bond motifs is 1. The number of hydrogen-bond acceptors (Lipinski definition) is 2. The molecular formula is C14H16ClF2N3O. The van der Waals surface area contributed by atoms with Gasteiger partial charge in [-0.2, -0.15) is 0 Å². The maximum Gasteiger partial charge on any atom is 0.242 e. The summed E-state index contributed by atoms with van der Waals surface area (Å²) < 4.78 is 28.7. The molecule has 1 amide bonds. The van der Waals surface area contributed by atoms with E-state index in [1.54, 1.807) is 6.92 Å². The van der Waals surface area contributed by atoms with E-state index in [0.717, 1.165) is 18.6 Å². The molecule has 1 N–H and O–H groups in total. The summed E-state index contributed by atoms with van der Waals surface area (Å²) in [5.41, 5.74) is 0.240. The molecule has 1 unspecified atom stereocenters. The molecule has 0 aliphatic heterocycles. The van der Waals surface area contributed by atoms with Gasteiger partial charge in [-0.05, 0) is 13.3 Å². The molecule has 0 spiro atoms. The molecule has 2 rings (SSSR count). The normalized spacial score (nSPS) is 12.6. The zero-order valence-corrected chi connectivity index (χ0v) is 12.5. The van der Waals surface area contributed by atoms with E-state index >= 15 is 0 Å². The number of carbonyl (C=O) groups is 1. The van der Waals surface area contributed by atoms with Gasteiger partial charge in [-0.25, -0.2) is 13.8 Å². The van der Waals surface area contributed by atoms with E-state index in [1.807, 2.05) is 6.92 Å². The van der Waals surface area contributed by atoms with E-state index in [9.17, 15) is 13.6 Å². The molecule has 0 radical (unpaired) electrons. The standard InChI is InChI=1S/C14H16ClF2N3O/c1-3-4-18-14(21)8(2)20-11-6-9(16)5-10(17)13(11)19-12(20)7-15/h5-6,8H,3-4,7H2,1-2H3,(H,18,21). The van der Waals surface area contributed by atoms with Crippen LogP contribution in [-0.2, 0) is 10.7 Å². The first kappa shape index (κ1) is 15.7. The monoisotopic (exact) mass is 315 g/mol. The zero-order valence-electron chi connectivity index (χ0n) is 11.8. The molecule has 4 nitrogen and oxygen atoms in total. The van der Waals surface area contributed by atoms with Crippen LogP contribution in [-0.4, -0.2) is 22.0 Å². The SMILES string of the molecule is CCCNC(=O)C(C)n1c(CCl)nc2c(F)cc(F)cc21. The van der Waals surface area contributed by atoms with Crippen molar-refractivity contribution in [1.82, 2.24) is 14.9 Å². The Morgan fingerprint density at radius 3 is 2.81 bits per heavy atom. The van der Waals surface area contributed by atoms with Crippen molar-refractivity contribution in [2.75, 3.05) is 6.54 Å². The maximum atomic E-state index is 13.8. The lowest BCUT2D eigenvalue weighted by atomic mass is 10.2. The highest BCUT2D eigenvalue weighted by atomic mass is 35.5. The molecule has 0 fully saturated rings. The van der Waals surface area contributed by atoms with Gasteiger partial charge in [0.2, 0.25) is 5.91 Å². The molecule has 7 heteroatoms. The number of imidazole rings is 1. The first-order chi connectivity index (χ1) is 9.99. The highest BCUT2D eigenvalue weighted by Crippen LogP contribution is 2.25. The summed E-state index contributed by atoms with van der Waals surface area (Å²) in [5.74, 6) is -1.40. The molecule has 1 atom stereocenters. The molecule has 1 aromatic heterocycles. The number of benzene rings is 1. The van der Waals surface area contributed by atoms with Crippen LogP contribution in [0, 0.1) is 11.6 Å². The van der Waals surface area contributed by atoms with Crippen LogP contribution >= 0.6 is 11.6 Å². The lowest BCUT2D eigenvalue weighted by Gasteiger charge is -2.16. The van der Waals surface area contributed by atoms with Crippen molar-refractivity contribution in [3.8, 4) is 0 Å². The number of nitrogens with zero attached hydrogens (tertiary/aromatic N) is 2. The Balaban J connectivity index is 2.53. The molecule has 0 bridgehead atoms. The second-order valence-corrected chi connectivity index (χ2v) is 5.02. The van der Waals surface area contributed by atoms with Crippen molar-refractivity contribution >= 4 is 28.5 Å². The van der Waals surface area contributed by atoms with Crippen molar-refractivity contribution in [1.29, 1.82) is 0 Å². The van der Waals surface area contributed by atoms with Gasteiger partial charge < -0.3 is 9.88 Å². The van der Waals surface area contributed by atoms with E-state index in [-0.39, 0.29) is 22.8 Å². The van der Waals surface area contributed by atoms with Gasteiger partial charge in [0, 0.05) is 18.7 Å². The molecule has 1 aromatic carbocycles. The summed E-state index contributed by atoms with van der Waals surface area (Å²) in [6.45, 7) is 4.12. The number of aromatic nitrogens is 2. The Hall–Kier alpha value is -1.69. The molecule has 0 saturated carbocycles. The summed E-state index contributed by atoms with van der Waals surface area (Å²) in [4.78, 5) is 16.2. The predicted octanol–water partition coefficient (Wildman–Crippen LogP) is 3.14. The van der Waals surface area contributed by atoms with Gasteiger partial charge in [-0.15, -0.1) is 11.6 Å². The molecule has 1 heterocycles. The Morgan fingerprint density at radius 1 is 1.48 bits per heavy atom. The first-order valence-corrected chi connectivity index (χ1v) is 7.22. The fourth-order valence-corrected chi connectivity index (χ4v) is 2.40. The Bertz CT molecular complexity index is 672. The van der Waals surface area contributed by atoms with Gasteiger partial charge in [0.1, 0.15) is 23.2 Å². The Labute approximate surface area is 126 Å². The minimum absolute atomic E-state index is 0.00113. The highest BCUT2D eigenvalue weighted by Gasteiger charge is 2.22. The molecule has 2 aromatic rings. The molecule has 0 aliphatic carbocycles. The molecular weight excluding hydrogens is 300 g/mol. The fourth-order valence-electron chi connectivity index (χ4n) is 2.21. The summed E-state index contributed by atoms with van der Waals surface area (Å²) in [6.07, 6.45) is 0.800. The average Bonchev–Trinajstić information content (AvgIpc) is 2.82. The van der Waals surface area contributed by atoms with Crippen LogP contribution in [0.25, 0.3) is 11.0 Å². The van der Waals surface area contributed by atoms with E-state index in [2.05, 4.69) is 10.3 Å². The number of amides is 1. The number of halogens is 3. The van der Waals surface area contributed by atoms with Gasteiger partial charge >= 0.3 is 0 Å². The smallest absolute Gasteiger partial charge is 0.242 e. The summed E-state index contributed by atoms with van der Waals surface area (Å²) in [5, 5.41) is 2.75. The Kier molecular flexibility index (Phi) is 4.77. The number of alkyl halides is 1. The fraction of sp³-hybridized carbons (Fsp3) is 0.429. The third-order valence-corrected chi connectivity index (χ3v) is 3.46. The van der Waals surface area contributed by atoms with Gasteiger partial charge in [-0.1, -0.05) is 6.92 Å².